The fourth-order valence-electron chi connectivity index (χ4n) is 2.71. The van der Waals surface area contributed by atoms with E-state index in [4.69, 9.17) is 14.2 Å². The smallest absolute Gasteiger partial charge is 0.266 e. The van der Waals surface area contributed by atoms with Gasteiger partial charge in [0, 0.05) is 28.8 Å². The van der Waals surface area contributed by atoms with Gasteiger partial charge >= 0.3 is 0 Å². The number of halogens is 1. The van der Waals surface area contributed by atoms with Gasteiger partial charge in [-0.05, 0) is 24.3 Å². The van der Waals surface area contributed by atoms with Crippen molar-refractivity contribution in [1.29, 1.82) is 0 Å². The number of amides is 1. The number of anilines is 1. The van der Waals surface area contributed by atoms with Gasteiger partial charge in [-0.2, -0.15) is 0 Å². The summed E-state index contributed by atoms with van der Waals surface area (Å²) in [5, 5.41) is 3.24. The van der Waals surface area contributed by atoms with Crippen molar-refractivity contribution in [2.24, 2.45) is 0 Å². The van der Waals surface area contributed by atoms with Gasteiger partial charge in [0.15, 0.2) is 0 Å². The fraction of sp³-hybridized carbons (Fsp3) is 0.211. The first-order valence-corrected chi connectivity index (χ1v) is 8.63. The Morgan fingerprint density at radius 3 is 2.65 bits per heavy atom. The molecule has 3 aromatic rings. The van der Waals surface area contributed by atoms with E-state index in [-0.39, 0.29) is 18.3 Å². The molecule has 0 bridgehead atoms. The Balaban J connectivity index is 2.00. The number of carbonyl (C=O) groups excluding carboxylic acids is 1. The minimum absolute atomic E-state index is 0.142. The Labute approximate surface area is 154 Å². The van der Waals surface area contributed by atoms with Crippen LogP contribution >= 0.6 is 11.3 Å². The molecule has 2 aromatic carbocycles. The molecule has 0 unspecified atom stereocenters. The molecule has 1 aromatic heterocycles. The summed E-state index contributed by atoms with van der Waals surface area (Å²) in [7, 11) is 4.57. The maximum Gasteiger partial charge on any atom is 0.266 e. The van der Waals surface area contributed by atoms with E-state index < -0.39 is 0 Å². The molecule has 3 rings (SSSR count). The minimum atomic E-state index is -0.369. The average Bonchev–Trinajstić information content (AvgIpc) is 3.02. The first-order chi connectivity index (χ1) is 12.6. The van der Waals surface area contributed by atoms with Crippen LogP contribution in [0.15, 0.2) is 36.4 Å². The van der Waals surface area contributed by atoms with Gasteiger partial charge < -0.3 is 19.5 Å². The van der Waals surface area contributed by atoms with Crippen LogP contribution in [0.1, 0.15) is 15.2 Å². The van der Waals surface area contributed by atoms with Crippen LogP contribution in [0.25, 0.3) is 10.1 Å². The maximum atomic E-state index is 14.3. The van der Waals surface area contributed by atoms with Crippen molar-refractivity contribution < 1.29 is 23.4 Å². The standard InChI is InChI=1S/C19H18FNO4S/c1-23-10-12-17-13(20)5-4-6-16(17)26-18(12)19(22)21-14-8-7-11(24-2)9-15(14)25-3/h4-9H,10H2,1-3H3,(H,21,22). The van der Waals surface area contributed by atoms with E-state index in [9.17, 15) is 9.18 Å². The average molecular weight is 375 g/mol. The Kier molecular flexibility index (Phi) is 5.39. The van der Waals surface area contributed by atoms with Gasteiger partial charge in [-0.15, -0.1) is 11.3 Å². The summed E-state index contributed by atoms with van der Waals surface area (Å²) in [6.45, 7) is 0.142. The van der Waals surface area contributed by atoms with Crippen molar-refractivity contribution in [1.82, 2.24) is 0 Å². The third kappa shape index (κ3) is 3.36. The number of hydrogen-bond acceptors (Lipinski definition) is 5. The highest BCUT2D eigenvalue weighted by Gasteiger charge is 2.21. The zero-order valence-corrected chi connectivity index (χ0v) is 15.4. The molecule has 0 atom stereocenters. The van der Waals surface area contributed by atoms with Crippen molar-refractivity contribution in [3.63, 3.8) is 0 Å². The predicted octanol–water partition coefficient (Wildman–Crippen LogP) is 4.46. The molecular formula is C19H18FNO4S. The molecule has 0 aliphatic carbocycles. The summed E-state index contributed by atoms with van der Waals surface area (Å²) in [5.41, 5.74) is 1.04. The molecule has 5 nitrogen and oxygen atoms in total. The number of thiophene rings is 1. The molecule has 136 valence electrons. The maximum absolute atomic E-state index is 14.3. The SMILES string of the molecule is COCc1c(C(=O)Nc2ccc(OC)cc2OC)sc2cccc(F)c12. The van der Waals surface area contributed by atoms with E-state index >= 15 is 0 Å². The molecule has 1 heterocycles. The number of hydrogen-bond donors (Lipinski definition) is 1. The third-order valence-electron chi connectivity index (χ3n) is 3.92. The molecule has 0 aliphatic heterocycles. The van der Waals surface area contributed by atoms with Gasteiger partial charge in [0.1, 0.15) is 17.3 Å². The van der Waals surface area contributed by atoms with Crippen molar-refractivity contribution in [3.8, 4) is 11.5 Å². The summed E-state index contributed by atoms with van der Waals surface area (Å²) >= 11 is 1.23. The van der Waals surface area contributed by atoms with E-state index in [0.29, 0.717) is 37.7 Å². The molecule has 0 saturated heterocycles. The van der Waals surface area contributed by atoms with Gasteiger partial charge in [-0.1, -0.05) is 6.07 Å². The number of benzene rings is 2. The highest BCUT2D eigenvalue weighted by molar-refractivity contribution is 7.21. The van der Waals surface area contributed by atoms with Gasteiger partial charge in [-0.3, -0.25) is 4.79 Å². The van der Waals surface area contributed by atoms with E-state index in [0.717, 1.165) is 0 Å². The van der Waals surface area contributed by atoms with Gasteiger partial charge in [0.05, 0.1) is 31.4 Å². The molecule has 0 spiro atoms. The second-order valence-corrected chi connectivity index (χ2v) is 6.53. The van der Waals surface area contributed by atoms with Gasteiger partial charge in [0.25, 0.3) is 5.91 Å². The van der Waals surface area contributed by atoms with E-state index in [1.807, 2.05) is 0 Å². The first kappa shape index (κ1) is 18.2. The Hall–Kier alpha value is -2.64. The highest BCUT2D eigenvalue weighted by atomic mass is 32.1. The molecule has 26 heavy (non-hydrogen) atoms. The summed E-state index contributed by atoms with van der Waals surface area (Å²) in [4.78, 5) is 13.3. The Morgan fingerprint density at radius 1 is 1.15 bits per heavy atom. The zero-order valence-electron chi connectivity index (χ0n) is 14.6. The van der Waals surface area contributed by atoms with Crippen molar-refractivity contribution >= 4 is 33.0 Å². The Bertz CT molecular complexity index is 954. The third-order valence-corrected chi connectivity index (χ3v) is 5.11. The largest absolute Gasteiger partial charge is 0.497 e. The van der Waals surface area contributed by atoms with Crippen molar-refractivity contribution in [2.45, 2.75) is 6.61 Å². The van der Waals surface area contributed by atoms with Crippen LogP contribution in [0.2, 0.25) is 0 Å². The van der Waals surface area contributed by atoms with E-state index in [1.165, 1.54) is 31.6 Å². The Morgan fingerprint density at radius 2 is 1.96 bits per heavy atom. The highest BCUT2D eigenvalue weighted by Crippen LogP contribution is 2.35. The second kappa shape index (κ2) is 7.72. The van der Waals surface area contributed by atoms with Crippen LogP contribution in [0, 0.1) is 5.82 Å². The topological polar surface area (TPSA) is 56.8 Å². The van der Waals surface area contributed by atoms with Crippen LogP contribution in [0.3, 0.4) is 0 Å². The molecule has 0 saturated carbocycles. The normalized spacial score (nSPS) is 10.8. The number of rotatable bonds is 6. The molecule has 1 N–H and O–H groups in total. The number of nitrogens with one attached hydrogen (secondary N) is 1. The van der Waals surface area contributed by atoms with Crippen molar-refractivity contribution in [3.05, 3.63) is 52.7 Å². The number of carbonyl (C=O) groups is 1. The first-order valence-electron chi connectivity index (χ1n) is 7.81. The molecule has 0 radical (unpaired) electrons. The molecule has 0 aliphatic rings. The van der Waals surface area contributed by atoms with E-state index in [2.05, 4.69) is 5.32 Å². The second-order valence-electron chi connectivity index (χ2n) is 5.48. The predicted molar refractivity (Wildman–Crippen MR) is 100.0 cm³/mol. The van der Waals surface area contributed by atoms with Crippen LogP contribution in [-0.2, 0) is 11.3 Å². The zero-order chi connectivity index (χ0) is 18.7. The quantitative estimate of drug-likeness (QED) is 0.691. The monoisotopic (exact) mass is 375 g/mol. The van der Waals surface area contributed by atoms with Crippen LogP contribution in [0.4, 0.5) is 10.1 Å². The summed E-state index contributed by atoms with van der Waals surface area (Å²) < 4.78 is 30.6. The molecular weight excluding hydrogens is 357 g/mol. The summed E-state index contributed by atoms with van der Waals surface area (Å²) in [5.74, 6) is 0.370. The lowest BCUT2D eigenvalue weighted by Gasteiger charge is -2.12. The molecule has 7 heteroatoms. The minimum Gasteiger partial charge on any atom is -0.497 e. The molecule has 0 fully saturated rings. The summed E-state index contributed by atoms with van der Waals surface area (Å²) in [6.07, 6.45) is 0. The van der Waals surface area contributed by atoms with Crippen LogP contribution in [0.5, 0.6) is 11.5 Å². The van der Waals surface area contributed by atoms with Gasteiger partial charge in [0.2, 0.25) is 0 Å². The lowest BCUT2D eigenvalue weighted by Crippen LogP contribution is -2.13. The number of fused-ring (bicyclic) bond motifs is 1. The lowest BCUT2D eigenvalue weighted by molar-refractivity contribution is 0.102. The number of methoxy groups -OCH3 is 3. The number of ether oxygens (including phenoxy) is 3. The molecule has 1 amide bonds. The van der Waals surface area contributed by atoms with Crippen molar-refractivity contribution in [2.75, 3.05) is 26.6 Å². The van der Waals surface area contributed by atoms with Gasteiger partial charge in [-0.25, -0.2) is 4.39 Å². The van der Waals surface area contributed by atoms with E-state index in [1.54, 1.807) is 37.4 Å². The fourth-order valence-corrected chi connectivity index (χ4v) is 3.83. The lowest BCUT2D eigenvalue weighted by atomic mass is 10.1. The van der Waals surface area contributed by atoms with Crippen LogP contribution in [-0.4, -0.2) is 27.2 Å². The van der Waals surface area contributed by atoms with Crippen LogP contribution < -0.4 is 14.8 Å². The summed E-state index contributed by atoms with van der Waals surface area (Å²) in [6, 6.07) is 9.88.